The highest BCUT2D eigenvalue weighted by Gasteiger charge is 2.24. The van der Waals surface area contributed by atoms with Gasteiger partial charge in [-0.15, -0.1) is 0 Å². The molecule has 0 aliphatic heterocycles. The third-order valence-corrected chi connectivity index (χ3v) is 6.00. The predicted octanol–water partition coefficient (Wildman–Crippen LogP) is 3.17. The molecule has 0 aromatic heterocycles. The lowest BCUT2D eigenvalue weighted by molar-refractivity contribution is 0.0954. The smallest absolute Gasteiger partial charge is 0.251 e. The SMILES string of the molecule is CN=C(NCCNC(=O)c1ccc(Cl)c(Cl)c1)NC1CCC(SC)C1. The van der Waals surface area contributed by atoms with Crippen LogP contribution in [0.25, 0.3) is 0 Å². The molecule has 3 N–H and O–H groups in total. The van der Waals surface area contributed by atoms with Crippen molar-refractivity contribution in [3.63, 3.8) is 0 Å². The van der Waals surface area contributed by atoms with E-state index in [2.05, 4.69) is 27.2 Å². The van der Waals surface area contributed by atoms with Gasteiger partial charge in [0.15, 0.2) is 5.96 Å². The van der Waals surface area contributed by atoms with Crippen LogP contribution >= 0.6 is 35.0 Å². The standard InChI is InChI=1S/C17H24Cl2N4OS/c1-20-17(23-12-4-5-13(10-12)25-2)22-8-7-21-16(24)11-3-6-14(18)15(19)9-11/h3,6,9,12-13H,4-5,7-8,10H2,1-2H3,(H,21,24)(H2,20,22,23). The van der Waals surface area contributed by atoms with Crippen LogP contribution in [0, 0.1) is 0 Å². The summed E-state index contributed by atoms with van der Waals surface area (Å²) in [6, 6.07) is 5.30. The lowest BCUT2D eigenvalue weighted by Gasteiger charge is -2.17. The maximum absolute atomic E-state index is 12.1. The second-order valence-corrected chi connectivity index (χ2v) is 7.85. The van der Waals surface area contributed by atoms with Crippen molar-refractivity contribution in [1.82, 2.24) is 16.0 Å². The molecule has 0 heterocycles. The Labute approximate surface area is 163 Å². The molecule has 0 bridgehead atoms. The second-order valence-electron chi connectivity index (χ2n) is 5.90. The molecule has 2 rings (SSSR count). The van der Waals surface area contributed by atoms with E-state index < -0.39 is 0 Å². The highest BCUT2D eigenvalue weighted by atomic mass is 35.5. The number of nitrogens with one attached hydrogen (secondary N) is 3. The van der Waals surface area contributed by atoms with Gasteiger partial charge < -0.3 is 16.0 Å². The number of guanidine groups is 1. The van der Waals surface area contributed by atoms with Gasteiger partial charge in [-0.2, -0.15) is 11.8 Å². The number of hydrogen-bond donors (Lipinski definition) is 3. The van der Waals surface area contributed by atoms with Gasteiger partial charge in [0, 0.05) is 37.0 Å². The fourth-order valence-electron chi connectivity index (χ4n) is 2.77. The largest absolute Gasteiger partial charge is 0.355 e. The normalized spacial score (nSPS) is 20.4. The quantitative estimate of drug-likeness (QED) is 0.388. The zero-order valence-electron chi connectivity index (χ0n) is 14.4. The average molecular weight is 403 g/mol. The monoisotopic (exact) mass is 402 g/mol. The fraction of sp³-hybridized carbons (Fsp3) is 0.529. The Morgan fingerprint density at radius 2 is 2.00 bits per heavy atom. The Hall–Kier alpha value is -1.11. The number of rotatable bonds is 6. The first-order chi connectivity index (χ1) is 12.0. The van der Waals surface area contributed by atoms with Crippen LogP contribution in [0.3, 0.4) is 0 Å². The van der Waals surface area contributed by atoms with Gasteiger partial charge in [-0.3, -0.25) is 9.79 Å². The van der Waals surface area contributed by atoms with Crippen LogP contribution in [0.4, 0.5) is 0 Å². The molecule has 1 aliphatic carbocycles. The molecule has 2 unspecified atom stereocenters. The molecule has 5 nitrogen and oxygen atoms in total. The molecular weight excluding hydrogens is 379 g/mol. The third kappa shape index (κ3) is 6.28. The predicted molar refractivity (Wildman–Crippen MR) is 108 cm³/mol. The van der Waals surface area contributed by atoms with E-state index in [1.807, 2.05) is 11.8 Å². The minimum Gasteiger partial charge on any atom is -0.355 e. The van der Waals surface area contributed by atoms with Gasteiger partial charge in [0.25, 0.3) is 5.91 Å². The van der Waals surface area contributed by atoms with Crippen molar-refractivity contribution in [2.24, 2.45) is 4.99 Å². The van der Waals surface area contributed by atoms with Crippen LogP contribution in [-0.2, 0) is 0 Å². The lowest BCUT2D eigenvalue weighted by atomic mass is 10.2. The first-order valence-electron chi connectivity index (χ1n) is 8.26. The number of carbonyl (C=O) groups excluding carboxylic acids is 1. The molecule has 1 saturated carbocycles. The number of carbonyl (C=O) groups is 1. The second kappa shape index (κ2) is 10.1. The van der Waals surface area contributed by atoms with Crippen LogP contribution in [0.15, 0.2) is 23.2 Å². The van der Waals surface area contributed by atoms with Crippen LogP contribution in [0.2, 0.25) is 10.0 Å². The Kier molecular flexibility index (Phi) is 8.19. The Morgan fingerprint density at radius 3 is 2.64 bits per heavy atom. The molecule has 0 spiro atoms. The molecule has 1 amide bonds. The zero-order valence-corrected chi connectivity index (χ0v) is 16.8. The van der Waals surface area contributed by atoms with E-state index in [1.54, 1.807) is 25.2 Å². The van der Waals surface area contributed by atoms with Crippen LogP contribution < -0.4 is 16.0 Å². The number of nitrogens with zero attached hydrogens (tertiary/aromatic N) is 1. The first-order valence-corrected chi connectivity index (χ1v) is 10.3. The van der Waals surface area contributed by atoms with Crippen molar-refractivity contribution in [3.05, 3.63) is 33.8 Å². The molecule has 1 aliphatic rings. The summed E-state index contributed by atoms with van der Waals surface area (Å²) in [7, 11) is 1.75. The summed E-state index contributed by atoms with van der Waals surface area (Å²) < 4.78 is 0. The van der Waals surface area contributed by atoms with Crippen LogP contribution in [0.1, 0.15) is 29.6 Å². The molecule has 25 heavy (non-hydrogen) atoms. The molecule has 2 atom stereocenters. The maximum atomic E-state index is 12.1. The summed E-state index contributed by atoms with van der Waals surface area (Å²) in [6.07, 6.45) is 5.74. The van der Waals surface area contributed by atoms with E-state index in [-0.39, 0.29) is 5.91 Å². The molecule has 8 heteroatoms. The van der Waals surface area contributed by atoms with Crippen molar-refractivity contribution < 1.29 is 4.79 Å². The van der Waals surface area contributed by atoms with E-state index in [9.17, 15) is 4.79 Å². The number of aliphatic imine (C=N–C) groups is 1. The molecule has 0 saturated heterocycles. The summed E-state index contributed by atoms with van der Waals surface area (Å²) in [4.78, 5) is 16.3. The number of hydrogen-bond acceptors (Lipinski definition) is 3. The highest BCUT2D eigenvalue weighted by molar-refractivity contribution is 7.99. The molecule has 0 radical (unpaired) electrons. The van der Waals surface area contributed by atoms with Gasteiger partial charge in [-0.1, -0.05) is 23.2 Å². The number of halogens is 2. The summed E-state index contributed by atoms with van der Waals surface area (Å²) >= 11 is 13.7. The van der Waals surface area contributed by atoms with Crippen molar-refractivity contribution in [3.8, 4) is 0 Å². The Morgan fingerprint density at radius 1 is 1.24 bits per heavy atom. The topological polar surface area (TPSA) is 65.5 Å². The maximum Gasteiger partial charge on any atom is 0.251 e. The van der Waals surface area contributed by atoms with E-state index in [4.69, 9.17) is 23.2 Å². The summed E-state index contributed by atoms with van der Waals surface area (Å²) in [5.74, 6) is 0.595. The van der Waals surface area contributed by atoms with Crippen molar-refractivity contribution in [2.45, 2.75) is 30.6 Å². The molecule has 1 aromatic rings. The lowest BCUT2D eigenvalue weighted by Crippen LogP contribution is -2.45. The molecular formula is C17H24Cl2N4OS. The minimum absolute atomic E-state index is 0.179. The number of thioether (sulfide) groups is 1. The summed E-state index contributed by atoms with van der Waals surface area (Å²) in [5, 5.41) is 11.1. The van der Waals surface area contributed by atoms with E-state index >= 15 is 0 Å². The van der Waals surface area contributed by atoms with Gasteiger partial charge >= 0.3 is 0 Å². The van der Waals surface area contributed by atoms with E-state index in [0.717, 1.165) is 17.6 Å². The van der Waals surface area contributed by atoms with Crippen molar-refractivity contribution in [2.75, 3.05) is 26.4 Å². The Balaban J connectivity index is 1.70. The van der Waals surface area contributed by atoms with Gasteiger partial charge in [0.1, 0.15) is 0 Å². The molecule has 1 fully saturated rings. The average Bonchev–Trinajstić information content (AvgIpc) is 3.07. The minimum atomic E-state index is -0.179. The summed E-state index contributed by atoms with van der Waals surface area (Å²) in [6.45, 7) is 1.07. The Bertz CT molecular complexity index is 627. The third-order valence-electron chi connectivity index (χ3n) is 4.17. The van der Waals surface area contributed by atoms with E-state index in [0.29, 0.717) is 34.7 Å². The van der Waals surface area contributed by atoms with Crippen molar-refractivity contribution in [1.29, 1.82) is 0 Å². The highest BCUT2D eigenvalue weighted by Crippen LogP contribution is 2.28. The van der Waals surface area contributed by atoms with Crippen LogP contribution in [-0.4, -0.2) is 49.6 Å². The van der Waals surface area contributed by atoms with E-state index in [1.165, 1.54) is 12.8 Å². The molecule has 138 valence electrons. The summed E-state index contributed by atoms with van der Waals surface area (Å²) in [5.41, 5.74) is 0.492. The number of amides is 1. The van der Waals surface area contributed by atoms with Gasteiger partial charge in [0.05, 0.1) is 10.0 Å². The van der Waals surface area contributed by atoms with Gasteiger partial charge in [0.2, 0.25) is 0 Å². The van der Waals surface area contributed by atoms with Gasteiger partial charge in [-0.25, -0.2) is 0 Å². The van der Waals surface area contributed by atoms with Crippen LogP contribution in [0.5, 0.6) is 0 Å². The molecule has 1 aromatic carbocycles. The zero-order chi connectivity index (χ0) is 18.2. The van der Waals surface area contributed by atoms with Crippen molar-refractivity contribution >= 4 is 46.8 Å². The number of benzene rings is 1. The first kappa shape index (κ1) is 20.2. The van der Waals surface area contributed by atoms with Gasteiger partial charge in [-0.05, 0) is 43.7 Å². The fourth-order valence-corrected chi connectivity index (χ4v) is 3.86.